The van der Waals surface area contributed by atoms with E-state index in [0.29, 0.717) is 35.1 Å². The Morgan fingerprint density at radius 3 is 2.62 bits per heavy atom. The zero-order valence-corrected chi connectivity index (χ0v) is 15.3. The van der Waals surface area contributed by atoms with Crippen molar-refractivity contribution in [2.24, 2.45) is 0 Å². The van der Waals surface area contributed by atoms with Gasteiger partial charge in [0.15, 0.2) is 11.6 Å². The number of fused-ring (bicyclic) bond motifs is 1. The van der Waals surface area contributed by atoms with E-state index in [9.17, 15) is 14.0 Å². The number of rotatable bonds is 4. The fourth-order valence-electron chi connectivity index (χ4n) is 3.64. The van der Waals surface area contributed by atoms with Crippen molar-refractivity contribution in [1.82, 2.24) is 0 Å². The first-order valence-electron chi connectivity index (χ1n) is 9.18. The summed E-state index contributed by atoms with van der Waals surface area (Å²) in [5.74, 6) is -0.555. The molecule has 0 fully saturated rings. The predicted molar refractivity (Wildman–Crippen MR) is 102 cm³/mol. The summed E-state index contributed by atoms with van der Waals surface area (Å²) in [4.78, 5) is 26.2. The lowest BCUT2D eigenvalue weighted by molar-refractivity contribution is -0.113. The zero-order valence-electron chi connectivity index (χ0n) is 15.3. The van der Waals surface area contributed by atoms with E-state index in [1.54, 1.807) is 12.1 Å². The summed E-state index contributed by atoms with van der Waals surface area (Å²) in [6.45, 7) is 3.88. The molecule has 0 aliphatic heterocycles. The van der Waals surface area contributed by atoms with Gasteiger partial charge in [-0.15, -0.1) is 0 Å². The van der Waals surface area contributed by atoms with Crippen molar-refractivity contribution in [3.8, 4) is 0 Å². The minimum Gasteiger partial charge on any atom is -0.294 e. The zero-order chi connectivity index (χ0) is 18.7. The Hall–Kier alpha value is -2.55. The molecule has 134 valence electrons. The van der Waals surface area contributed by atoms with Crippen LogP contribution in [0.4, 0.5) is 4.39 Å². The average Bonchev–Trinajstić information content (AvgIpc) is 2.78. The van der Waals surface area contributed by atoms with Gasteiger partial charge in [0.05, 0.1) is 0 Å². The Kier molecular flexibility index (Phi) is 5.46. The van der Waals surface area contributed by atoms with Gasteiger partial charge in [-0.05, 0) is 55.0 Å². The van der Waals surface area contributed by atoms with Crippen LogP contribution in [0.2, 0.25) is 0 Å². The number of hydrogen-bond donors (Lipinski definition) is 0. The molecule has 0 atom stereocenters. The molecular formula is C23H23FO2. The van der Waals surface area contributed by atoms with Crippen LogP contribution in [0.15, 0.2) is 48.0 Å². The standard InChI is InChI=1S/C23H23FO2/c1-3-7-19(23(26)18-10-5-4-8-15(18)2)22-20-14-17(24)13-12-16(20)9-6-11-21(22)25/h4-5,8,10,12-14H,3,6-7,9,11H2,1-2H3/b22-19+. The van der Waals surface area contributed by atoms with Crippen LogP contribution in [0.5, 0.6) is 0 Å². The van der Waals surface area contributed by atoms with Crippen molar-refractivity contribution in [3.05, 3.63) is 76.1 Å². The Balaban J connectivity index is 2.25. The molecule has 2 nitrogen and oxygen atoms in total. The molecule has 0 unspecified atom stereocenters. The largest absolute Gasteiger partial charge is 0.294 e. The number of benzene rings is 2. The van der Waals surface area contributed by atoms with Crippen LogP contribution in [0, 0.1) is 12.7 Å². The minimum atomic E-state index is -0.380. The molecule has 2 aromatic rings. The van der Waals surface area contributed by atoms with Crippen LogP contribution in [-0.4, -0.2) is 11.6 Å². The van der Waals surface area contributed by atoms with Gasteiger partial charge in [-0.3, -0.25) is 9.59 Å². The number of allylic oxidation sites excluding steroid dienone is 2. The van der Waals surface area contributed by atoms with Crippen molar-refractivity contribution in [2.75, 3.05) is 0 Å². The van der Waals surface area contributed by atoms with E-state index >= 15 is 0 Å². The second kappa shape index (κ2) is 7.77. The number of ketones is 2. The molecule has 0 bridgehead atoms. The summed E-state index contributed by atoms with van der Waals surface area (Å²) < 4.78 is 13.9. The van der Waals surface area contributed by atoms with E-state index in [0.717, 1.165) is 30.4 Å². The molecule has 3 heteroatoms. The maximum atomic E-state index is 13.9. The quantitative estimate of drug-likeness (QED) is 0.416. The van der Waals surface area contributed by atoms with Crippen LogP contribution in [0.1, 0.15) is 59.7 Å². The van der Waals surface area contributed by atoms with E-state index < -0.39 is 0 Å². The highest BCUT2D eigenvalue weighted by molar-refractivity contribution is 6.29. The summed E-state index contributed by atoms with van der Waals surface area (Å²) in [5, 5.41) is 0. The number of Topliss-reactive ketones (excluding diaryl/α,β-unsaturated/α-hetero) is 2. The maximum Gasteiger partial charge on any atom is 0.190 e. The molecule has 0 heterocycles. The highest BCUT2D eigenvalue weighted by Gasteiger charge is 2.27. The average molecular weight is 350 g/mol. The van der Waals surface area contributed by atoms with Crippen molar-refractivity contribution in [1.29, 1.82) is 0 Å². The lowest BCUT2D eigenvalue weighted by Gasteiger charge is -2.16. The number of carbonyl (C=O) groups is 2. The van der Waals surface area contributed by atoms with Crippen molar-refractivity contribution in [2.45, 2.75) is 46.0 Å². The fraction of sp³-hybridized carbons (Fsp3) is 0.304. The van der Waals surface area contributed by atoms with Gasteiger partial charge in [0, 0.05) is 23.1 Å². The highest BCUT2D eigenvalue weighted by Crippen LogP contribution is 2.33. The molecule has 1 aliphatic carbocycles. The molecule has 26 heavy (non-hydrogen) atoms. The second-order valence-corrected chi connectivity index (χ2v) is 6.83. The smallest absolute Gasteiger partial charge is 0.190 e. The summed E-state index contributed by atoms with van der Waals surface area (Å²) in [6.07, 6.45) is 3.08. The summed E-state index contributed by atoms with van der Waals surface area (Å²) >= 11 is 0. The minimum absolute atomic E-state index is 0.0558. The highest BCUT2D eigenvalue weighted by atomic mass is 19.1. The normalized spacial score (nSPS) is 16.0. The van der Waals surface area contributed by atoms with Gasteiger partial charge in [-0.1, -0.05) is 43.7 Å². The molecule has 0 aromatic heterocycles. The third-order valence-electron chi connectivity index (χ3n) is 4.94. The van der Waals surface area contributed by atoms with Crippen molar-refractivity contribution in [3.63, 3.8) is 0 Å². The lowest BCUT2D eigenvalue weighted by atomic mass is 9.86. The molecule has 0 N–H and O–H groups in total. The lowest BCUT2D eigenvalue weighted by Crippen LogP contribution is -2.13. The molecule has 3 rings (SSSR count). The molecule has 0 saturated heterocycles. The summed E-state index contributed by atoms with van der Waals surface area (Å²) in [5.41, 5.74) is 3.97. The first-order chi connectivity index (χ1) is 12.5. The number of halogens is 1. The van der Waals surface area contributed by atoms with Gasteiger partial charge in [0.1, 0.15) is 5.82 Å². The van der Waals surface area contributed by atoms with Gasteiger partial charge in [-0.25, -0.2) is 4.39 Å². The van der Waals surface area contributed by atoms with Gasteiger partial charge in [0.2, 0.25) is 0 Å². The third kappa shape index (κ3) is 3.52. The Morgan fingerprint density at radius 1 is 1.12 bits per heavy atom. The van der Waals surface area contributed by atoms with Crippen LogP contribution >= 0.6 is 0 Å². The summed E-state index contributed by atoms with van der Waals surface area (Å²) in [7, 11) is 0. The van der Waals surface area contributed by atoms with E-state index in [-0.39, 0.29) is 17.4 Å². The van der Waals surface area contributed by atoms with Crippen molar-refractivity contribution >= 4 is 17.1 Å². The fourth-order valence-corrected chi connectivity index (χ4v) is 3.64. The molecular weight excluding hydrogens is 327 g/mol. The molecule has 0 saturated carbocycles. The van der Waals surface area contributed by atoms with E-state index in [1.807, 2.05) is 32.0 Å². The molecule has 1 aliphatic rings. The summed E-state index contributed by atoms with van der Waals surface area (Å²) in [6, 6.07) is 12.0. The monoisotopic (exact) mass is 350 g/mol. The van der Waals surface area contributed by atoms with Crippen LogP contribution in [-0.2, 0) is 11.2 Å². The third-order valence-corrected chi connectivity index (χ3v) is 4.94. The van der Waals surface area contributed by atoms with Gasteiger partial charge < -0.3 is 0 Å². The van der Waals surface area contributed by atoms with Crippen LogP contribution < -0.4 is 0 Å². The van der Waals surface area contributed by atoms with Crippen LogP contribution in [0.3, 0.4) is 0 Å². The number of hydrogen-bond acceptors (Lipinski definition) is 2. The van der Waals surface area contributed by atoms with E-state index in [4.69, 9.17) is 0 Å². The molecule has 0 amide bonds. The predicted octanol–water partition coefficient (Wildman–Crippen LogP) is 5.48. The van der Waals surface area contributed by atoms with Gasteiger partial charge in [-0.2, -0.15) is 0 Å². The van der Waals surface area contributed by atoms with Crippen molar-refractivity contribution < 1.29 is 14.0 Å². The van der Waals surface area contributed by atoms with Gasteiger partial charge in [0.25, 0.3) is 0 Å². The second-order valence-electron chi connectivity index (χ2n) is 6.83. The van der Waals surface area contributed by atoms with E-state index in [1.165, 1.54) is 12.1 Å². The topological polar surface area (TPSA) is 34.1 Å². The maximum absolute atomic E-state index is 13.9. The molecule has 0 spiro atoms. The number of carbonyl (C=O) groups excluding carboxylic acids is 2. The van der Waals surface area contributed by atoms with Gasteiger partial charge >= 0.3 is 0 Å². The Morgan fingerprint density at radius 2 is 1.88 bits per heavy atom. The SMILES string of the molecule is CCC/C(C(=O)c1ccccc1C)=C1\C(=O)CCCc2ccc(F)cc21. The molecule has 2 aromatic carbocycles. The first-order valence-corrected chi connectivity index (χ1v) is 9.18. The Bertz CT molecular complexity index is 893. The van der Waals surface area contributed by atoms with Crippen LogP contribution in [0.25, 0.3) is 5.57 Å². The Labute approximate surface area is 153 Å². The molecule has 0 radical (unpaired) electrons. The van der Waals surface area contributed by atoms with E-state index in [2.05, 4.69) is 0 Å². The number of aryl methyl sites for hydroxylation is 2. The first kappa shape index (κ1) is 18.2.